The minimum absolute atomic E-state index is 0.0489. The Balaban J connectivity index is 1.23. The fourth-order valence-corrected chi connectivity index (χ4v) is 6.03. The van der Waals surface area contributed by atoms with Crippen LogP contribution in [0.2, 0.25) is 0 Å². The molecule has 5 atom stereocenters. The van der Waals surface area contributed by atoms with Gasteiger partial charge in [-0.2, -0.15) is 5.26 Å². The van der Waals surface area contributed by atoms with Crippen LogP contribution >= 0.6 is 0 Å². The number of allylic oxidation sites excluding steroid dienone is 1. The monoisotopic (exact) mass is 613 g/mol. The molecule has 0 spiro atoms. The van der Waals surface area contributed by atoms with Crippen LogP contribution in [0.15, 0.2) is 47.5 Å². The smallest absolute Gasteiger partial charge is 0.251 e. The first-order chi connectivity index (χ1) is 20.6. The SMILES string of the molecule is COC1OC(Cn2cc(CNS(=O)(=O)C(C#N)=Cc3ccc4cc(N5CCN(C)CC5)ccc4c3)nn2)C(O)C(O)C1O. The number of aliphatic hydroxyl groups is 3. The van der Waals surface area contributed by atoms with Gasteiger partial charge in [-0.1, -0.05) is 23.4 Å². The van der Waals surface area contributed by atoms with Crippen molar-refractivity contribution in [3.05, 3.63) is 58.8 Å². The van der Waals surface area contributed by atoms with Gasteiger partial charge >= 0.3 is 0 Å². The fourth-order valence-electron chi connectivity index (χ4n) is 5.13. The number of fused-ring (bicyclic) bond motifs is 1. The van der Waals surface area contributed by atoms with Gasteiger partial charge in [0.25, 0.3) is 10.0 Å². The molecule has 2 aromatic carbocycles. The molecule has 14 nitrogen and oxygen atoms in total. The third kappa shape index (κ3) is 7.03. The van der Waals surface area contributed by atoms with Crippen molar-refractivity contribution in [1.82, 2.24) is 24.6 Å². The molecule has 15 heteroatoms. The molecule has 4 N–H and O–H groups in total. The maximum Gasteiger partial charge on any atom is 0.251 e. The van der Waals surface area contributed by atoms with Crippen molar-refractivity contribution in [3.8, 4) is 6.07 Å². The average Bonchev–Trinajstić information content (AvgIpc) is 3.46. The van der Waals surface area contributed by atoms with Crippen molar-refractivity contribution in [1.29, 1.82) is 5.26 Å². The van der Waals surface area contributed by atoms with E-state index in [0.29, 0.717) is 5.56 Å². The van der Waals surface area contributed by atoms with E-state index < -0.39 is 45.6 Å². The molecule has 3 heterocycles. The van der Waals surface area contributed by atoms with E-state index in [1.54, 1.807) is 12.1 Å². The van der Waals surface area contributed by atoms with Crippen LogP contribution in [-0.4, -0.2) is 115 Å². The van der Waals surface area contributed by atoms with E-state index in [1.165, 1.54) is 24.1 Å². The molecule has 43 heavy (non-hydrogen) atoms. The highest BCUT2D eigenvalue weighted by molar-refractivity contribution is 7.93. The number of aliphatic hydroxyl groups excluding tert-OH is 3. The number of ether oxygens (including phenoxy) is 2. The highest BCUT2D eigenvalue weighted by atomic mass is 32.2. The molecule has 0 amide bonds. The standard InChI is InChI=1S/C28H35N7O7S/c1-33-7-9-34(10-8-33)22-6-5-19-11-18(3-4-20(19)13-22)12-23(14-29)43(39,40)30-15-21-16-35(32-31-21)17-24-25(36)26(37)27(38)28(41-2)42-24/h3-6,11-13,16,24-28,30,36-38H,7-10,15,17H2,1-2H3. The number of likely N-dealkylation sites (N-methyl/N-ethyl adjacent to an activating group) is 1. The molecule has 0 aliphatic carbocycles. The molecule has 5 unspecified atom stereocenters. The van der Waals surface area contributed by atoms with Crippen LogP contribution in [0.1, 0.15) is 11.3 Å². The van der Waals surface area contributed by atoms with Crippen molar-refractivity contribution in [2.24, 2.45) is 0 Å². The van der Waals surface area contributed by atoms with E-state index in [1.807, 2.05) is 18.2 Å². The minimum Gasteiger partial charge on any atom is -0.388 e. The summed E-state index contributed by atoms with van der Waals surface area (Å²) in [6, 6.07) is 13.5. The Hall–Kier alpha value is -3.46. The molecule has 3 aromatic rings. The number of anilines is 1. The van der Waals surface area contributed by atoms with Crippen LogP contribution in [0, 0.1) is 11.3 Å². The molecule has 2 aliphatic rings. The van der Waals surface area contributed by atoms with Crippen molar-refractivity contribution < 1.29 is 33.2 Å². The van der Waals surface area contributed by atoms with Crippen molar-refractivity contribution >= 4 is 32.6 Å². The highest BCUT2D eigenvalue weighted by Gasteiger charge is 2.44. The average molecular weight is 614 g/mol. The Labute approximate surface area is 249 Å². The Morgan fingerprint density at radius 2 is 1.84 bits per heavy atom. The first-order valence-electron chi connectivity index (χ1n) is 13.8. The Bertz CT molecular complexity index is 1610. The summed E-state index contributed by atoms with van der Waals surface area (Å²) in [5.74, 6) is 0. The van der Waals surface area contributed by atoms with Gasteiger partial charge in [-0.25, -0.2) is 17.8 Å². The van der Waals surface area contributed by atoms with E-state index in [0.717, 1.165) is 42.6 Å². The lowest BCUT2D eigenvalue weighted by atomic mass is 9.99. The topological polar surface area (TPSA) is 186 Å². The summed E-state index contributed by atoms with van der Waals surface area (Å²) in [5, 5.41) is 49.7. The molecular formula is C28H35N7O7S. The zero-order chi connectivity index (χ0) is 30.7. The van der Waals surface area contributed by atoms with Gasteiger partial charge in [0.15, 0.2) is 11.2 Å². The van der Waals surface area contributed by atoms with E-state index in [4.69, 9.17) is 9.47 Å². The lowest BCUT2D eigenvalue weighted by Gasteiger charge is -2.39. The Kier molecular flexibility index (Phi) is 9.39. The zero-order valence-corrected chi connectivity index (χ0v) is 24.6. The van der Waals surface area contributed by atoms with Crippen molar-refractivity contribution in [2.75, 3.05) is 45.2 Å². The number of piperazine rings is 1. The lowest BCUT2D eigenvalue weighted by Crippen LogP contribution is -2.58. The van der Waals surface area contributed by atoms with Crippen LogP contribution < -0.4 is 9.62 Å². The summed E-state index contributed by atoms with van der Waals surface area (Å²) in [6.45, 7) is 3.63. The number of hydrogen-bond acceptors (Lipinski definition) is 12. The van der Waals surface area contributed by atoms with Crippen molar-refractivity contribution in [3.63, 3.8) is 0 Å². The second kappa shape index (κ2) is 13.0. The Morgan fingerprint density at radius 1 is 1.12 bits per heavy atom. The van der Waals surface area contributed by atoms with Crippen molar-refractivity contribution in [2.45, 2.75) is 43.8 Å². The first-order valence-corrected chi connectivity index (χ1v) is 15.3. The molecule has 230 valence electrons. The number of methoxy groups -OCH3 is 1. The number of rotatable bonds is 9. The molecular weight excluding hydrogens is 578 g/mol. The molecule has 2 fully saturated rings. The molecule has 0 bridgehead atoms. The molecule has 0 saturated carbocycles. The number of sulfonamides is 1. The maximum atomic E-state index is 13.0. The number of benzene rings is 2. The van der Waals surface area contributed by atoms with E-state index in [-0.39, 0.29) is 18.8 Å². The maximum absolute atomic E-state index is 13.0. The third-order valence-corrected chi connectivity index (χ3v) is 9.02. The number of nitrogens with one attached hydrogen (secondary N) is 1. The summed E-state index contributed by atoms with van der Waals surface area (Å²) in [4.78, 5) is 4.19. The zero-order valence-electron chi connectivity index (χ0n) is 23.8. The molecule has 5 rings (SSSR count). The van der Waals surface area contributed by atoms with Gasteiger partial charge in [0, 0.05) is 45.2 Å². The second-order valence-corrected chi connectivity index (χ2v) is 12.4. The minimum atomic E-state index is -4.18. The van der Waals surface area contributed by atoms with Gasteiger partial charge in [0.1, 0.15) is 30.5 Å². The van der Waals surface area contributed by atoms with E-state index >= 15 is 0 Å². The molecule has 2 aliphatic heterocycles. The third-order valence-electron chi connectivity index (χ3n) is 7.71. The Morgan fingerprint density at radius 3 is 2.56 bits per heavy atom. The summed E-state index contributed by atoms with van der Waals surface area (Å²) in [5.41, 5.74) is 1.96. The first kappa shape index (κ1) is 31.0. The van der Waals surface area contributed by atoms with Gasteiger partial charge in [-0.05, 0) is 47.7 Å². The van der Waals surface area contributed by atoms with Crippen LogP contribution in [0.4, 0.5) is 5.69 Å². The number of nitrogens with zero attached hydrogens (tertiary/aromatic N) is 6. The van der Waals surface area contributed by atoms with Crippen LogP contribution in [0.5, 0.6) is 0 Å². The molecule has 1 aromatic heterocycles. The second-order valence-electron chi connectivity index (χ2n) is 10.7. The predicted octanol–water partition coefficient (Wildman–Crippen LogP) is -0.379. The predicted molar refractivity (Wildman–Crippen MR) is 157 cm³/mol. The largest absolute Gasteiger partial charge is 0.388 e. The van der Waals surface area contributed by atoms with Gasteiger partial charge in [-0.3, -0.25) is 0 Å². The van der Waals surface area contributed by atoms with E-state index in [2.05, 4.69) is 44.0 Å². The highest BCUT2D eigenvalue weighted by Crippen LogP contribution is 2.26. The van der Waals surface area contributed by atoms with Gasteiger partial charge < -0.3 is 34.6 Å². The summed E-state index contributed by atoms with van der Waals surface area (Å²) < 4.78 is 40.1. The van der Waals surface area contributed by atoms with E-state index in [9.17, 15) is 29.0 Å². The lowest BCUT2D eigenvalue weighted by molar-refractivity contribution is -0.292. The number of aromatic nitrogens is 3. The summed E-state index contributed by atoms with van der Waals surface area (Å²) >= 11 is 0. The quantitative estimate of drug-likeness (QED) is 0.230. The normalized spacial score (nSPS) is 25.6. The molecule has 2 saturated heterocycles. The van der Waals surface area contributed by atoms with Gasteiger partial charge in [0.05, 0.1) is 18.8 Å². The van der Waals surface area contributed by atoms with Gasteiger partial charge in [0.2, 0.25) is 0 Å². The van der Waals surface area contributed by atoms with Crippen LogP contribution in [0.25, 0.3) is 16.8 Å². The number of hydrogen-bond donors (Lipinski definition) is 4. The summed E-state index contributed by atoms with van der Waals surface area (Å²) in [7, 11) is -0.769. The van der Waals surface area contributed by atoms with Crippen LogP contribution in [0.3, 0.4) is 0 Å². The summed E-state index contributed by atoms with van der Waals surface area (Å²) in [6.07, 6.45) is -3.68. The number of nitriles is 1. The van der Waals surface area contributed by atoms with Gasteiger partial charge in [-0.15, -0.1) is 5.10 Å². The van der Waals surface area contributed by atoms with Crippen LogP contribution in [-0.2, 0) is 32.6 Å². The fraction of sp³-hybridized carbons (Fsp3) is 0.464. The molecule has 0 radical (unpaired) electrons.